The standard InChI is InChI=1S/C20H26N2O5S2.C7H9NO4S2/c1-13(2)17-10-7-11-18(14(3)4)19(17)21-20(23)22-29(26,27)16-9-6-8-15(12-16)28(5,24)25;1-13(9,10)6-3-2-4-7(5-6)14(8,11)12/h6-14H,1-5H3,(H2,21,22,23);2-5H,1H3,(H2,8,11,12). The highest BCUT2D eigenvalue weighted by atomic mass is 32.2. The molecule has 0 aromatic heterocycles. The molecule has 0 unspecified atom stereocenters. The van der Waals surface area contributed by atoms with E-state index in [-0.39, 0.29) is 31.4 Å². The number of sulfonamides is 2. The average Bonchev–Trinajstić information content (AvgIpc) is 2.87. The SMILES string of the molecule is CC(C)c1cccc(C(C)C)c1NC(=O)NS(=O)(=O)c1cccc(S(C)(=O)=O)c1.CS(=O)(=O)c1cccc(S(N)(=O)=O)c1. The first-order valence-corrected chi connectivity index (χ1v) is 19.4. The molecule has 43 heavy (non-hydrogen) atoms. The first-order chi connectivity index (χ1) is 19.5. The predicted molar refractivity (Wildman–Crippen MR) is 164 cm³/mol. The van der Waals surface area contributed by atoms with Gasteiger partial charge in [0.1, 0.15) is 0 Å². The number of carbonyl (C=O) groups is 1. The van der Waals surface area contributed by atoms with Crippen LogP contribution >= 0.6 is 0 Å². The van der Waals surface area contributed by atoms with Crippen LogP contribution in [0, 0.1) is 0 Å². The van der Waals surface area contributed by atoms with Gasteiger partial charge in [0.2, 0.25) is 10.0 Å². The first kappa shape index (κ1) is 35.9. The van der Waals surface area contributed by atoms with Crippen molar-refractivity contribution in [1.82, 2.24) is 4.72 Å². The maximum Gasteiger partial charge on any atom is 0.333 e. The summed E-state index contributed by atoms with van der Waals surface area (Å²) in [6.45, 7) is 7.93. The third kappa shape index (κ3) is 10.1. The van der Waals surface area contributed by atoms with E-state index in [0.717, 1.165) is 35.8 Å². The topological polar surface area (TPSA) is 204 Å². The summed E-state index contributed by atoms with van der Waals surface area (Å²) < 4.78 is 94.4. The molecule has 3 rings (SSSR count). The first-order valence-electron chi connectivity index (χ1n) is 12.6. The zero-order valence-electron chi connectivity index (χ0n) is 24.4. The number of hydrogen-bond acceptors (Lipinski definition) is 9. The van der Waals surface area contributed by atoms with Crippen molar-refractivity contribution in [3.8, 4) is 0 Å². The van der Waals surface area contributed by atoms with E-state index in [1.165, 1.54) is 36.4 Å². The van der Waals surface area contributed by atoms with Crippen LogP contribution in [-0.2, 0) is 39.7 Å². The third-order valence-electron chi connectivity index (χ3n) is 5.94. The van der Waals surface area contributed by atoms with Crippen molar-refractivity contribution in [3.05, 3.63) is 77.9 Å². The number of anilines is 1. The van der Waals surface area contributed by atoms with E-state index < -0.39 is 45.8 Å². The molecular weight excluding hydrogens is 639 g/mol. The zero-order valence-corrected chi connectivity index (χ0v) is 27.7. The normalized spacial score (nSPS) is 12.4. The van der Waals surface area contributed by atoms with Crippen LogP contribution in [0.1, 0.15) is 50.7 Å². The van der Waals surface area contributed by atoms with E-state index in [1.807, 2.05) is 50.6 Å². The fourth-order valence-electron chi connectivity index (χ4n) is 3.77. The van der Waals surface area contributed by atoms with Crippen molar-refractivity contribution in [2.45, 2.75) is 59.1 Å². The number of sulfone groups is 2. The molecule has 0 heterocycles. The maximum atomic E-state index is 12.6. The molecule has 16 heteroatoms. The van der Waals surface area contributed by atoms with Crippen LogP contribution in [0.5, 0.6) is 0 Å². The van der Waals surface area contributed by atoms with E-state index in [0.29, 0.717) is 5.69 Å². The lowest BCUT2D eigenvalue weighted by Crippen LogP contribution is -2.35. The third-order valence-corrected chi connectivity index (χ3v) is 10.4. The maximum absolute atomic E-state index is 12.6. The van der Waals surface area contributed by atoms with Crippen LogP contribution in [-0.4, -0.2) is 52.2 Å². The van der Waals surface area contributed by atoms with Crippen LogP contribution in [0.2, 0.25) is 0 Å². The quantitative estimate of drug-likeness (QED) is 0.319. The van der Waals surface area contributed by atoms with E-state index in [9.17, 15) is 38.5 Å². The Morgan fingerprint density at radius 1 is 0.628 bits per heavy atom. The molecule has 236 valence electrons. The molecule has 0 spiro atoms. The second-order valence-electron chi connectivity index (χ2n) is 10.2. The van der Waals surface area contributed by atoms with Crippen molar-refractivity contribution in [1.29, 1.82) is 0 Å². The van der Waals surface area contributed by atoms with Gasteiger partial charge in [-0.2, -0.15) is 0 Å². The van der Waals surface area contributed by atoms with Gasteiger partial charge >= 0.3 is 6.03 Å². The summed E-state index contributed by atoms with van der Waals surface area (Å²) in [7, 11) is -15.1. The number of para-hydroxylation sites is 1. The summed E-state index contributed by atoms with van der Waals surface area (Å²) in [6, 6.07) is 14.5. The predicted octanol–water partition coefficient (Wildman–Crippen LogP) is 3.58. The number of nitrogens with one attached hydrogen (secondary N) is 2. The van der Waals surface area contributed by atoms with E-state index in [4.69, 9.17) is 5.14 Å². The Balaban J connectivity index is 0.000000385. The molecular formula is C27H35N3O9S4. The highest BCUT2D eigenvalue weighted by Gasteiger charge is 2.22. The van der Waals surface area contributed by atoms with Gasteiger partial charge in [-0.05, 0) is 59.4 Å². The second kappa shape index (κ2) is 13.5. The van der Waals surface area contributed by atoms with Crippen molar-refractivity contribution < 1.29 is 38.5 Å². The van der Waals surface area contributed by atoms with Gasteiger partial charge in [-0.25, -0.2) is 48.3 Å². The zero-order chi connectivity index (χ0) is 33.0. The Bertz CT molecular complexity index is 1860. The fourth-order valence-corrected chi connectivity index (χ4v) is 6.76. The lowest BCUT2D eigenvalue weighted by molar-refractivity contribution is 0.256. The lowest BCUT2D eigenvalue weighted by Gasteiger charge is -2.20. The summed E-state index contributed by atoms with van der Waals surface area (Å²) in [5.74, 6) is 0.235. The summed E-state index contributed by atoms with van der Waals surface area (Å²) in [6.07, 6.45) is 1.98. The van der Waals surface area contributed by atoms with Crippen molar-refractivity contribution >= 4 is 51.4 Å². The Morgan fingerprint density at radius 3 is 1.40 bits per heavy atom. The van der Waals surface area contributed by atoms with Crippen LogP contribution in [0.4, 0.5) is 10.5 Å². The van der Waals surface area contributed by atoms with E-state index in [2.05, 4.69) is 5.32 Å². The minimum atomic E-state index is -4.26. The number of nitrogens with two attached hydrogens (primary N) is 1. The van der Waals surface area contributed by atoms with Gasteiger partial charge in [-0.3, -0.25) is 0 Å². The lowest BCUT2D eigenvalue weighted by atomic mass is 9.93. The molecule has 0 radical (unpaired) electrons. The van der Waals surface area contributed by atoms with Gasteiger partial charge in [-0.1, -0.05) is 58.0 Å². The minimum absolute atomic E-state index is 0.0657. The molecule has 3 aromatic carbocycles. The van der Waals surface area contributed by atoms with Gasteiger partial charge in [-0.15, -0.1) is 0 Å². The number of urea groups is 1. The molecule has 0 saturated heterocycles. The molecule has 2 amide bonds. The van der Waals surface area contributed by atoms with Crippen LogP contribution in [0.15, 0.2) is 86.3 Å². The molecule has 0 atom stereocenters. The molecule has 0 aliphatic rings. The second-order valence-corrected chi connectivity index (χ2v) is 17.5. The van der Waals surface area contributed by atoms with Gasteiger partial charge in [0.05, 0.1) is 19.6 Å². The van der Waals surface area contributed by atoms with E-state index >= 15 is 0 Å². The summed E-state index contributed by atoms with van der Waals surface area (Å²) >= 11 is 0. The van der Waals surface area contributed by atoms with Crippen molar-refractivity contribution in [3.63, 3.8) is 0 Å². The molecule has 0 bridgehead atoms. The Labute approximate surface area is 253 Å². The summed E-state index contributed by atoms with van der Waals surface area (Å²) in [5.41, 5.74) is 2.36. The van der Waals surface area contributed by atoms with Gasteiger partial charge in [0, 0.05) is 18.2 Å². The molecule has 0 aliphatic carbocycles. The van der Waals surface area contributed by atoms with Crippen LogP contribution in [0.25, 0.3) is 0 Å². The van der Waals surface area contributed by atoms with Crippen LogP contribution in [0.3, 0.4) is 0 Å². The number of rotatable bonds is 8. The molecule has 4 N–H and O–H groups in total. The monoisotopic (exact) mass is 673 g/mol. The number of hydrogen-bond donors (Lipinski definition) is 3. The smallest absolute Gasteiger partial charge is 0.307 e. The van der Waals surface area contributed by atoms with Crippen molar-refractivity contribution in [2.24, 2.45) is 5.14 Å². The number of primary sulfonamides is 1. The van der Waals surface area contributed by atoms with Gasteiger partial charge < -0.3 is 5.32 Å². The Kier molecular flexibility index (Phi) is 11.3. The molecule has 3 aromatic rings. The van der Waals surface area contributed by atoms with Crippen molar-refractivity contribution in [2.75, 3.05) is 17.8 Å². The number of benzene rings is 3. The summed E-state index contributed by atoms with van der Waals surface area (Å²) in [5, 5.41) is 7.51. The highest BCUT2D eigenvalue weighted by Crippen LogP contribution is 2.32. The van der Waals surface area contributed by atoms with Gasteiger partial charge in [0.25, 0.3) is 10.0 Å². The average molecular weight is 674 g/mol. The number of carbonyl (C=O) groups excluding carboxylic acids is 1. The molecule has 12 nitrogen and oxygen atoms in total. The van der Waals surface area contributed by atoms with Crippen LogP contribution < -0.4 is 15.2 Å². The molecule has 0 fully saturated rings. The highest BCUT2D eigenvalue weighted by molar-refractivity contribution is 7.91. The number of amides is 2. The summed E-state index contributed by atoms with van der Waals surface area (Å²) in [4.78, 5) is 11.8. The minimum Gasteiger partial charge on any atom is -0.307 e. The van der Waals surface area contributed by atoms with E-state index in [1.54, 1.807) is 0 Å². The molecule has 0 saturated carbocycles. The van der Waals surface area contributed by atoms with Gasteiger partial charge in [0.15, 0.2) is 19.7 Å². The Hall–Kier alpha value is -3.31. The fraction of sp³-hybridized carbons (Fsp3) is 0.296. The largest absolute Gasteiger partial charge is 0.333 e. The Morgan fingerprint density at radius 2 is 1.00 bits per heavy atom. The molecule has 0 aliphatic heterocycles.